The first-order valence-electron chi connectivity index (χ1n) is 3.38. The molecule has 1 heterocycles. The molecule has 0 aliphatic carbocycles. The number of halogens is 5. The minimum Gasteiger partial charge on any atom is -0.406 e. The molecular formula is C7H4F5NO. The van der Waals surface area contributed by atoms with Gasteiger partial charge in [-0.25, -0.2) is 8.78 Å². The van der Waals surface area contributed by atoms with Gasteiger partial charge < -0.3 is 4.74 Å². The summed E-state index contributed by atoms with van der Waals surface area (Å²) in [6, 6.07) is 1.39. The Hall–Kier alpha value is -1.40. The Morgan fingerprint density at radius 1 is 1.29 bits per heavy atom. The summed E-state index contributed by atoms with van der Waals surface area (Å²) in [4.78, 5) is 3.17. The maximum atomic E-state index is 12.0. The van der Waals surface area contributed by atoms with Gasteiger partial charge in [-0.05, 0) is 6.07 Å². The minimum atomic E-state index is -4.89. The predicted molar refractivity (Wildman–Crippen MR) is 35.9 cm³/mol. The molecule has 7 heteroatoms. The van der Waals surface area contributed by atoms with Crippen molar-refractivity contribution in [2.75, 3.05) is 0 Å². The summed E-state index contributed by atoms with van der Waals surface area (Å²) in [6.07, 6.45) is -6.99. The van der Waals surface area contributed by atoms with E-state index >= 15 is 0 Å². The number of pyridine rings is 1. The van der Waals surface area contributed by atoms with Crippen LogP contribution in [0.25, 0.3) is 0 Å². The average Bonchev–Trinajstić information content (AvgIpc) is 2.01. The molecule has 78 valence electrons. The molecule has 2 nitrogen and oxygen atoms in total. The predicted octanol–water partition coefficient (Wildman–Crippen LogP) is 2.92. The Bertz CT molecular complexity index is 311. The van der Waals surface area contributed by atoms with E-state index in [1.807, 2.05) is 0 Å². The van der Waals surface area contributed by atoms with Gasteiger partial charge >= 0.3 is 6.36 Å². The molecule has 1 rings (SSSR count). The summed E-state index contributed by atoms with van der Waals surface area (Å²) in [5.41, 5.74) is -0.758. The van der Waals surface area contributed by atoms with E-state index in [2.05, 4.69) is 9.72 Å². The zero-order valence-corrected chi connectivity index (χ0v) is 6.55. The second-order valence-corrected chi connectivity index (χ2v) is 2.26. The molecule has 0 bridgehead atoms. The Kier molecular flexibility index (Phi) is 2.87. The quantitative estimate of drug-likeness (QED) is 0.704. The molecular weight excluding hydrogens is 209 g/mol. The molecule has 0 aliphatic heterocycles. The van der Waals surface area contributed by atoms with Crippen LogP contribution in [0.3, 0.4) is 0 Å². The van der Waals surface area contributed by atoms with Gasteiger partial charge in [-0.2, -0.15) is 0 Å². The highest BCUT2D eigenvalue weighted by atomic mass is 19.4. The Morgan fingerprint density at radius 3 is 2.43 bits per heavy atom. The largest absolute Gasteiger partial charge is 0.573 e. The normalized spacial score (nSPS) is 11.9. The van der Waals surface area contributed by atoms with Crippen molar-refractivity contribution >= 4 is 0 Å². The SMILES string of the molecule is FC(F)c1cc(OC(F)(F)F)ccn1. The van der Waals surface area contributed by atoms with Gasteiger partial charge in [0.1, 0.15) is 11.4 Å². The molecule has 1 aromatic heterocycles. The number of hydrogen-bond donors (Lipinski definition) is 0. The van der Waals surface area contributed by atoms with Crippen LogP contribution in [0.15, 0.2) is 18.3 Å². The summed E-state index contributed by atoms with van der Waals surface area (Å²) >= 11 is 0. The van der Waals surface area contributed by atoms with E-state index in [0.717, 1.165) is 12.3 Å². The van der Waals surface area contributed by atoms with Gasteiger partial charge in [-0.1, -0.05) is 0 Å². The van der Waals surface area contributed by atoms with Crippen molar-refractivity contribution in [3.63, 3.8) is 0 Å². The summed E-state index contributed by atoms with van der Waals surface area (Å²) in [7, 11) is 0. The number of aromatic nitrogens is 1. The molecule has 0 radical (unpaired) electrons. The van der Waals surface area contributed by atoms with Crippen LogP contribution >= 0.6 is 0 Å². The van der Waals surface area contributed by atoms with Crippen LogP contribution in [0.2, 0.25) is 0 Å². The van der Waals surface area contributed by atoms with Crippen molar-refractivity contribution in [2.24, 2.45) is 0 Å². The van der Waals surface area contributed by atoms with E-state index in [1.54, 1.807) is 0 Å². The maximum Gasteiger partial charge on any atom is 0.573 e. The second-order valence-electron chi connectivity index (χ2n) is 2.26. The van der Waals surface area contributed by atoms with Crippen LogP contribution in [0, 0.1) is 0 Å². The summed E-state index contributed by atoms with van der Waals surface area (Å²) < 4.78 is 62.3. The molecule has 0 N–H and O–H groups in total. The molecule has 0 amide bonds. The number of hydrogen-bond acceptors (Lipinski definition) is 2. The van der Waals surface area contributed by atoms with Crippen molar-refractivity contribution in [1.82, 2.24) is 4.98 Å². The minimum absolute atomic E-state index is 0.540. The van der Waals surface area contributed by atoms with E-state index < -0.39 is 24.2 Å². The highest BCUT2D eigenvalue weighted by Gasteiger charge is 2.31. The Balaban J connectivity index is 2.84. The van der Waals surface area contributed by atoms with Gasteiger partial charge in [0.25, 0.3) is 6.43 Å². The zero-order chi connectivity index (χ0) is 10.8. The first-order chi connectivity index (χ1) is 6.38. The van der Waals surface area contributed by atoms with Crippen molar-refractivity contribution < 1.29 is 26.7 Å². The lowest BCUT2D eigenvalue weighted by atomic mass is 10.3. The molecule has 0 saturated carbocycles. The summed E-state index contributed by atoms with van der Waals surface area (Å²) in [5, 5.41) is 0. The molecule has 0 atom stereocenters. The smallest absolute Gasteiger partial charge is 0.406 e. The third kappa shape index (κ3) is 3.15. The van der Waals surface area contributed by atoms with Crippen LogP contribution in [0.5, 0.6) is 5.75 Å². The monoisotopic (exact) mass is 213 g/mol. The van der Waals surface area contributed by atoms with Crippen molar-refractivity contribution in [3.8, 4) is 5.75 Å². The summed E-state index contributed by atoms with van der Waals surface area (Å²) in [5.74, 6) is -0.706. The van der Waals surface area contributed by atoms with Crippen LogP contribution in [0.1, 0.15) is 12.1 Å². The van der Waals surface area contributed by atoms with Gasteiger partial charge in [-0.15, -0.1) is 13.2 Å². The first kappa shape index (κ1) is 10.7. The first-order valence-corrected chi connectivity index (χ1v) is 3.38. The van der Waals surface area contributed by atoms with E-state index in [9.17, 15) is 22.0 Å². The fraction of sp³-hybridized carbons (Fsp3) is 0.286. The van der Waals surface area contributed by atoms with Gasteiger partial charge in [0, 0.05) is 12.3 Å². The molecule has 0 saturated heterocycles. The third-order valence-corrected chi connectivity index (χ3v) is 1.21. The molecule has 1 aromatic rings. The topological polar surface area (TPSA) is 22.1 Å². The van der Waals surface area contributed by atoms with E-state index in [0.29, 0.717) is 6.07 Å². The van der Waals surface area contributed by atoms with Crippen molar-refractivity contribution in [1.29, 1.82) is 0 Å². The number of alkyl halides is 5. The molecule has 0 aromatic carbocycles. The lowest BCUT2D eigenvalue weighted by Gasteiger charge is -2.08. The van der Waals surface area contributed by atoms with Gasteiger partial charge in [-0.3, -0.25) is 4.98 Å². The van der Waals surface area contributed by atoms with Gasteiger partial charge in [0.2, 0.25) is 0 Å². The zero-order valence-electron chi connectivity index (χ0n) is 6.55. The van der Waals surface area contributed by atoms with Crippen LogP contribution in [-0.4, -0.2) is 11.3 Å². The highest BCUT2D eigenvalue weighted by Crippen LogP contribution is 2.25. The number of rotatable bonds is 2. The fourth-order valence-corrected chi connectivity index (χ4v) is 0.744. The van der Waals surface area contributed by atoms with E-state index in [4.69, 9.17) is 0 Å². The average molecular weight is 213 g/mol. The van der Waals surface area contributed by atoms with Crippen LogP contribution in [-0.2, 0) is 0 Å². The van der Waals surface area contributed by atoms with Crippen molar-refractivity contribution in [3.05, 3.63) is 24.0 Å². The van der Waals surface area contributed by atoms with E-state index in [-0.39, 0.29) is 0 Å². The third-order valence-electron chi connectivity index (χ3n) is 1.21. The standard InChI is InChI=1S/C7H4F5NO/c8-6(9)5-3-4(1-2-13-5)14-7(10,11)12/h1-3,6H. The van der Waals surface area contributed by atoms with Crippen molar-refractivity contribution in [2.45, 2.75) is 12.8 Å². The number of ether oxygens (including phenoxy) is 1. The van der Waals surface area contributed by atoms with E-state index in [1.165, 1.54) is 0 Å². The second kappa shape index (κ2) is 3.77. The fourth-order valence-electron chi connectivity index (χ4n) is 0.744. The number of nitrogens with zero attached hydrogens (tertiary/aromatic N) is 1. The molecule has 0 unspecified atom stereocenters. The maximum absolute atomic E-state index is 12.0. The highest BCUT2D eigenvalue weighted by molar-refractivity contribution is 5.23. The van der Waals surface area contributed by atoms with Crippen LogP contribution in [0.4, 0.5) is 22.0 Å². The Labute approximate surface area is 75.3 Å². The summed E-state index contributed by atoms with van der Waals surface area (Å²) in [6.45, 7) is 0. The van der Waals surface area contributed by atoms with Crippen LogP contribution < -0.4 is 4.74 Å². The lowest BCUT2D eigenvalue weighted by molar-refractivity contribution is -0.274. The van der Waals surface area contributed by atoms with Gasteiger partial charge in [0.15, 0.2) is 0 Å². The molecule has 0 aliphatic rings. The lowest BCUT2D eigenvalue weighted by Crippen LogP contribution is -2.17. The Morgan fingerprint density at radius 2 is 1.93 bits per heavy atom. The van der Waals surface area contributed by atoms with Gasteiger partial charge in [0.05, 0.1) is 0 Å². The molecule has 0 spiro atoms. The molecule has 14 heavy (non-hydrogen) atoms. The molecule has 0 fully saturated rings.